The molecule has 0 atom stereocenters. The molecule has 3 heteroatoms. The van der Waals surface area contributed by atoms with Crippen LogP contribution in [0, 0.1) is 0 Å². The largest absolute Gasteiger partial charge is 0.220 e. The standard InChI is InChI=1S/C4H10F2Si/c1-7(2,3)4(5)6/h4H,1-3H3. The Bertz CT molecular complexity index is 55.2. The van der Waals surface area contributed by atoms with E-state index in [2.05, 4.69) is 0 Å². The predicted molar refractivity (Wildman–Crippen MR) is 29.3 cm³/mol. The summed E-state index contributed by atoms with van der Waals surface area (Å²) in [5, 5.41) is 0. The molecule has 7 heavy (non-hydrogen) atoms. The van der Waals surface area contributed by atoms with Crippen LogP contribution in [0.15, 0.2) is 0 Å². The Morgan fingerprint density at radius 3 is 1.29 bits per heavy atom. The van der Waals surface area contributed by atoms with Crippen LogP contribution in [0.4, 0.5) is 8.78 Å². The summed E-state index contributed by atoms with van der Waals surface area (Å²) in [6.45, 7) is 4.95. The first-order chi connectivity index (χ1) is 2.94. The van der Waals surface area contributed by atoms with E-state index in [0.29, 0.717) is 0 Å². The molecule has 0 saturated heterocycles. The summed E-state index contributed by atoms with van der Waals surface area (Å²) in [5.74, 6) is 0. The first kappa shape index (κ1) is 7.08. The molecule has 0 aromatic heterocycles. The van der Waals surface area contributed by atoms with Gasteiger partial charge >= 0.3 is 0 Å². The molecule has 0 amide bonds. The van der Waals surface area contributed by atoms with Crippen LogP contribution in [0.2, 0.25) is 19.6 Å². The molecule has 44 valence electrons. The fourth-order valence-electron chi connectivity index (χ4n) is 0. The molecule has 0 unspecified atom stereocenters. The lowest BCUT2D eigenvalue weighted by molar-refractivity contribution is 0.228. The van der Waals surface area contributed by atoms with Gasteiger partial charge in [-0.2, -0.15) is 0 Å². The maximum atomic E-state index is 11.6. The van der Waals surface area contributed by atoms with Crippen LogP contribution in [0.3, 0.4) is 0 Å². The van der Waals surface area contributed by atoms with Gasteiger partial charge in [0, 0.05) is 0 Å². The highest BCUT2D eigenvalue weighted by molar-refractivity contribution is 6.76. The molecule has 0 aromatic rings. The Kier molecular flexibility index (Phi) is 1.92. The van der Waals surface area contributed by atoms with Crippen LogP contribution >= 0.6 is 0 Å². The van der Waals surface area contributed by atoms with Crippen molar-refractivity contribution >= 4 is 8.07 Å². The molecule has 0 aliphatic rings. The molecule has 0 aliphatic carbocycles. The quantitative estimate of drug-likeness (QED) is 0.470. The summed E-state index contributed by atoms with van der Waals surface area (Å²) in [6, 6.07) is -2.06. The Morgan fingerprint density at radius 1 is 1.14 bits per heavy atom. The maximum absolute atomic E-state index is 11.6. The topological polar surface area (TPSA) is 0 Å². The van der Waals surface area contributed by atoms with Gasteiger partial charge < -0.3 is 0 Å². The van der Waals surface area contributed by atoms with Crippen molar-refractivity contribution in [3.63, 3.8) is 0 Å². The van der Waals surface area contributed by atoms with E-state index in [4.69, 9.17) is 0 Å². The summed E-state index contributed by atoms with van der Waals surface area (Å²) in [4.78, 5) is 0. The van der Waals surface area contributed by atoms with Crippen LogP contribution in [0.1, 0.15) is 0 Å². The van der Waals surface area contributed by atoms with E-state index in [1.165, 1.54) is 0 Å². The summed E-state index contributed by atoms with van der Waals surface area (Å²) in [7, 11) is -2.07. The molecule has 0 heterocycles. The molecule has 0 fully saturated rings. The zero-order valence-electron chi connectivity index (χ0n) is 4.83. The minimum Gasteiger partial charge on any atom is -0.216 e. The Morgan fingerprint density at radius 2 is 1.29 bits per heavy atom. The summed E-state index contributed by atoms with van der Waals surface area (Å²) in [6.07, 6.45) is 0. The Labute approximate surface area is 43.5 Å². The normalized spacial score (nSPS) is 12.9. The number of hydrogen-bond donors (Lipinski definition) is 0. The van der Waals surface area contributed by atoms with Crippen molar-refractivity contribution in [1.82, 2.24) is 0 Å². The van der Waals surface area contributed by atoms with E-state index < -0.39 is 14.1 Å². The zero-order valence-corrected chi connectivity index (χ0v) is 5.83. The highest BCUT2D eigenvalue weighted by Gasteiger charge is 2.25. The van der Waals surface area contributed by atoms with Crippen LogP contribution in [0.25, 0.3) is 0 Å². The average molecular weight is 124 g/mol. The third kappa shape index (κ3) is 2.74. The van der Waals surface area contributed by atoms with Gasteiger partial charge in [0.2, 0.25) is 6.05 Å². The van der Waals surface area contributed by atoms with E-state index in [1.807, 2.05) is 0 Å². The highest BCUT2D eigenvalue weighted by atomic mass is 28.3. The molecule has 0 radical (unpaired) electrons. The average Bonchev–Trinajstić information content (AvgIpc) is 1.31. The van der Waals surface area contributed by atoms with Gasteiger partial charge in [-0.15, -0.1) is 0 Å². The van der Waals surface area contributed by atoms with Crippen LogP contribution in [-0.4, -0.2) is 14.1 Å². The van der Waals surface area contributed by atoms with Crippen molar-refractivity contribution in [2.45, 2.75) is 25.7 Å². The molecule has 0 N–H and O–H groups in total. The fourth-order valence-corrected chi connectivity index (χ4v) is 0. The zero-order chi connectivity index (χ0) is 6.08. The second kappa shape index (κ2) is 1.90. The molecule has 0 spiro atoms. The van der Waals surface area contributed by atoms with E-state index in [-0.39, 0.29) is 0 Å². The predicted octanol–water partition coefficient (Wildman–Crippen LogP) is 2.13. The third-order valence-electron chi connectivity index (χ3n) is 0.655. The van der Waals surface area contributed by atoms with Gasteiger partial charge in [0.1, 0.15) is 8.07 Å². The highest BCUT2D eigenvalue weighted by Crippen LogP contribution is 2.11. The van der Waals surface area contributed by atoms with Gasteiger partial charge in [0.05, 0.1) is 0 Å². The molecule has 0 saturated carbocycles. The van der Waals surface area contributed by atoms with E-state index in [0.717, 1.165) is 0 Å². The Balaban J connectivity index is 3.54. The Hall–Kier alpha value is 0.0769. The van der Waals surface area contributed by atoms with Crippen molar-refractivity contribution < 1.29 is 8.78 Å². The second-order valence-electron chi connectivity index (χ2n) is 2.67. The van der Waals surface area contributed by atoms with Gasteiger partial charge in [-0.1, -0.05) is 19.6 Å². The number of halogens is 2. The van der Waals surface area contributed by atoms with Crippen molar-refractivity contribution in [2.24, 2.45) is 0 Å². The monoisotopic (exact) mass is 124 g/mol. The van der Waals surface area contributed by atoms with E-state index in [1.54, 1.807) is 19.6 Å². The van der Waals surface area contributed by atoms with Crippen LogP contribution < -0.4 is 0 Å². The van der Waals surface area contributed by atoms with Gasteiger partial charge in [-0.05, 0) is 0 Å². The molecule has 0 bridgehead atoms. The van der Waals surface area contributed by atoms with Gasteiger partial charge in [0.15, 0.2) is 0 Å². The maximum Gasteiger partial charge on any atom is 0.220 e. The number of alkyl halides is 2. The van der Waals surface area contributed by atoms with Gasteiger partial charge in [-0.25, -0.2) is 8.78 Å². The number of hydrogen-bond acceptors (Lipinski definition) is 0. The smallest absolute Gasteiger partial charge is 0.216 e. The third-order valence-corrected chi connectivity index (χ3v) is 1.96. The molecular weight excluding hydrogens is 114 g/mol. The van der Waals surface area contributed by atoms with Crippen LogP contribution in [0.5, 0.6) is 0 Å². The first-order valence-electron chi connectivity index (χ1n) is 2.23. The SMILES string of the molecule is C[Si](C)(C)C(F)F. The minimum absolute atomic E-state index is 1.65. The lowest BCUT2D eigenvalue weighted by atomic mass is 11.6. The summed E-state index contributed by atoms with van der Waals surface area (Å²) >= 11 is 0. The van der Waals surface area contributed by atoms with Crippen molar-refractivity contribution in [2.75, 3.05) is 0 Å². The van der Waals surface area contributed by atoms with Gasteiger partial charge in [0.25, 0.3) is 0 Å². The summed E-state index contributed by atoms with van der Waals surface area (Å²) in [5.41, 5.74) is 0. The minimum atomic E-state index is -2.07. The molecular formula is C4H10F2Si. The van der Waals surface area contributed by atoms with Crippen molar-refractivity contribution in [3.05, 3.63) is 0 Å². The molecule has 0 aliphatic heterocycles. The first-order valence-corrected chi connectivity index (χ1v) is 5.80. The lowest BCUT2D eigenvalue weighted by Gasteiger charge is -2.11. The van der Waals surface area contributed by atoms with Gasteiger partial charge in [-0.3, -0.25) is 0 Å². The van der Waals surface area contributed by atoms with Crippen LogP contribution in [-0.2, 0) is 0 Å². The molecule has 0 rings (SSSR count). The molecule has 0 aromatic carbocycles. The lowest BCUT2D eigenvalue weighted by Crippen LogP contribution is -2.30. The molecule has 0 nitrogen and oxygen atoms in total. The van der Waals surface area contributed by atoms with Crippen molar-refractivity contribution in [3.8, 4) is 0 Å². The van der Waals surface area contributed by atoms with Crippen molar-refractivity contribution in [1.29, 1.82) is 0 Å². The second-order valence-corrected chi connectivity index (χ2v) is 7.84. The number of rotatable bonds is 1. The van der Waals surface area contributed by atoms with E-state index in [9.17, 15) is 8.78 Å². The summed E-state index contributed by atoms with van der Waals surface area (Å²) < 4.78 is 23.2. The van der Waals surface area contributed by atoms with E-state index >= 15 is 0 Å². The fraction of sp³-hybridized carbons (Fsp3) is 1.00.